The van der Waals surface area contributed by atoms with Crippen molar-refractivity contribution < 1.29 is 8.42 Å². The predicted molar refractivity (Wildman–Crippen MR) is 74.5 cm³/mol. The molecule has 2 saturated heterocycles. The van der Waals surface area contributed by atoms with E-state index in [1.165, 1.54) is 6.42 Å². The van der Waals surface area contributed by atoms with Gasteiger partial charge in [-0.2, -0.15) is 0 Å². The molecule has 0 aromatic heterocycles. The van der Waals surface area contributed by atoms with Gasteiger partial charge in [-0.1, -0.05) is 13.8 Å². The van der Waals surface area contributed by atoms with Gasteiger partial charge >= 0.3 is 0 Å². The molecule has 0 amide bonds. The Morgan fingerprint density at radius 1 is 1.39 bits per heavy atom. The van der Waals surface area contributed by atoms with Crippen molar-refractivity contribution in [2.24, 2.45) is 5.92 Å². The second-order valence-corrected chi connectivity index (χ2v) is 8.41. The van der Waals surface area contributed by atoms with Crippen LogP contribution in [0.25, 0.3) is 0 Å². The Bertz CT molecular complexity index is 367. The molecule has 0 bridgehead atoms. The Morgan fingerprint density at radius 2 is 2.17 bits per heavy atom. The lowest BCUT2D eigenvalue weighted by Crippen LogP contribution is -2.43. The monoisotopic (exact) mass is 274 g/mol. The van der Waals surface area contributed by atoms with Gasteiger partial charge in [-0.15, -0.1) is 0 Å². The van der Waals surface area contributed by atoms with Crippen molar-refractivity contribution in [2.75, 3.05) is 31.1 Å². The molecule has 0 saturated carbocycles. The molecule has 2 atom stereocenters. The zero-order valence-electron chi connectivity index (χ0n) is 11.6. The molecule has 0 aliphatic carbocycles. The van der Waals surface area contributed by atoms with Crippen molar-refractivity contribution in [1.29, 1.82) is 0 Å². The SMILES string of the molecule is CC(C)CC1CN(C2CCS(=O)(=O)C2)CCCN1. The van der Waals surface area contributed by atoms with Crippen LogP contribution in [0.15, 0.2) is 0 Å². The fourth-order valence-electron chi connectivity index (χ4n) is 3.15. The summed E-state index contributed by atoms with van der Waals surface area (Å²) in [5, 5.41) is 3.60. The number of hydrogen-bond donors (Lipinski definition) is 1. The molecule has 2 aliphatic heterocycles. The van der Waals surface area contributed by atoms with Crippen molar-refractivity contribution >= 4 is 9.84 Å². The second-order valence-electron chi connectivity index (χ2n) is 6.19. The van der Waals surface area contributed by atoms with Gasteiger partial charge in [0.1, 0.15) is 0 Å². The van der Waals surface area contributed by atoms with E-state index < -0.39 is 9.84 Å². The van der Waals surface area contributed by atoms with Crippen molar-refractivity contribution in [2.45, 2.75) is 45.2 Å². The molecule has 0 radical (unpaired) electrons. The highest BCUT2D eigenvalue weighted by Crippen LogP contribution is 2.20. The average Bonchev–Trinajstić information content (AvgIpc) is 2.48. The van der Waals surface area contributed by atoms with Crippen LogP contribution in [0.5, 0.6) is 0 Å². The lowest BCUT2D eigenvalue weighted by atomic mass is 10.0. The van der Waals surface area contributed by atoms with Gasteiger partial charge in [-0.05, 0) is 38.3 Å². The summed E-state index contributed by atoms with van der Waals surface area (Å²) in [5.41, 5.74) is 0. The summed E-state index contributed by atoms with van der Waals surface area (Å²) in [7, 11) is -2.76. The van der Waals surface area contributed by atoms with Gasteiger partial charge in [0.25, 0.3) is 0 Å². The van der Waals surface area contributed by atoms with Crippen LogP contribution in [0.4, 0.5) is 0 Å². The van der Waals surface area contributed by atoms with E-state index in [1.54, 1.807) is 0 Å². The first-order valence-corrected chi connectivity index (χ1v) is 8.96. The third-order valence-electron chi connectivity index (χ3n) is 3.99. The number of rotatable bonds is 3. The summed E-state index contributed by atoms with van der Waals surface area (Å²) in [6.45, 7) is 7.61. The summed E-state index contributed by atoms with van der Waals surface area (Å²) in [6.07, 6.45) is 3.14. The third kappa shape index (κ3) is 3.93. The first kappa shape index (κ1) is 14.3. The largest absolute Gasteiger partial charge is 0.313 e. The fourth-order valence-corrected chi connectivity index (χ4v) is 4.91. The minimum absolute atomic E-state index is 0.268. The Morgan fingerprint density at radius 3 is 2.78 bits per heavy atom. The maximum absolute atomic E-state index is 11.6. The smallest absolute Gasteiger partial charge is 0.151 e. The van der Waals surface area contributed by atoms with Gasteiger partial charge in [0.2, 0.25) is 0 Å². The molecule has 2 unspecified atom stereocenters. The van der Waals surface area contributed by atoms with E-state index in [4.69, 9.17) is 0 Å². The zero-order valence-corrected chi connectivity index (χ0v) is 12.4. The standard InChI is InChI=1S/C13H26N2O2S/c1-11(2)8-12-9-15(6-3-5-14-12)13-4-7-18(16,17)10-13/h11-14H,3-10H2,1-2H3. The van der Waals surface area contributed by atoms with E-state index in [9.17, 15) is 8.42 Å². The topological polar surface area (TPSA) is 49.4 Å². The van der Waals surface area contributed by atoms with Crippen molar-refractivity contribution in [3.8, 4) is 0 Å². The van der Waals surface area contributed by atoms with Crippen LogP contribution >= 0.6 is 0 Å². The lowest BCUT2D eigenvalue weighted by molar-refractivity contribution is 0.201. The summed E-state index contributed by atoms with van der Waals surface area (Å²) < 4.78 is 23.2. The van der Waals surface area contributed by atoms with Crippen LogP contribution in [0, 0.1) is 5.92 Å². The van der Waals surface area contributed by atoms with Crippen molar-refractivity contribution in [3.05, 3.63) is 0 Å². The Balaban J connectivity index is 1.95. The maximum Gasteiger partial charge on any atom is 0.151 e. The van der Waals surface area contributed by atoms with Crippen LogP contribution in [-0.2, 0) is 9.84 Å². The van der Waals surface area contributed by atoms with E-state index in [2.05, 4.69) is 24.1 Å². The molecule has 2 heterocycles. The Hall–Kier alpha value is -0.130. The first-order chi connectivity index (χ1) is 8.46. The average molecular weight is 274 g/mol. The highest BCUT2D eigenvalue weighted by molar-refractivity contribution is 7.91. The van der Waals surface area contributed by atoms with Crippen LogP contribution in [-0.4, -0.2) is 56.5 Å². The minimum atomic E-state index is -2.76. The molecule has 1 N–H and O–H groups in total. The second kappa shape index (κ2) is 5.88. The molecule has 18 heavy (non-hydrogen) atoms. The molecular weight excluding hydrogens is 248 g/mol. The van der Waals surface area contributed by atoms with Gasteiger partial charge < -0.3 is 5.32 Å². The highest BCUT2D eigenvalue weighted by atomic mass is 32.2. The third-order valence-corrected chi connectivity index (χ3v) is 5.74. The van der Waals surface area contributed by atoms with E-state index in [-0.39, 0.29) is 6.04 Å². The molecule has 4 nitrogen and oxygen atoms in total. The van der Waals surface area contributed by atoms with Crippen molar-refractivity contribution in [1.82, 2.24) is 10.2 Å². The van der Waals surface area contributed by atoms with Crippen LogP contribution in [0.2, 0.25) is 0 Å². The molecule has 106 valence electrons. The zero-order chi connectivity index (χ0) is 13.2. The van der Waals surface area contributed by atoms with Gasteiger partial charge in [-0.3, -0.25) is 4.90 Å². The van der Waals surface area contributed by atoms with Gasteiger partial charge in [-0.25, -0.2) is 8.42 Å². The lowest BCUT2D eigenvalue weighted by Gasteiger charge is -2.29. The van der Waals surface area contributed by atoms with E-state index in [0.29, 0.717) is 23.5 Å². The highest BCUT2D eigenvalue weighted by Gasteiger charge is 2.33. The predicted octanol–water partition coefficient (Wildman–Crippen LogP) is 0.884. The van der Waals surface area contributed by atoms with Gasteiger partial charge in [0, 0.05) is 18.6 Å². The Labute approximate surface area is 111 Å². The van der Waals surface area contributed by atoms with E-state index in [0.717, 1.165) is 32.5 Å². The summed E-state index contributed by atoms with van der Waals surface area (Å²) in [4.78, 5) is 2.41. The Kier molecular flexibility index (Phi) is 4.67. The molecule has 0 spiro atoms. The maximum atomic E-state index is 11.6. The normalized spacial score (nSPS) is 33.7. The molecular formula is C13H26N2O2S. The minimum Gasteiger partial charge on any atom is -0.313 e. The van der Waals surface area contributed by atoms with Crippen molar-refractivity contribution in [3.63, 3.8) is 0 Å². The van der Waals surface area contributed by atoms with E-state index >= 15 is 0 Å². The summed E-state index contributed by atoms with van der Waals surface area (Å²) >= 11 is 0. The number of hydrogen-bond acceptors (Lipinski definition) is 4. The van der Waals surface area contributed by atoms with Crippen LogP contribution in [0.3, 0.4) is 0 Å². The summed E-state index contributed by atoms with van der Waals surface area (Å²) in [5.74, 6) is 1.45. The molecule has 0 aromatic carbocycles. The van der Waals surface area contributed by atoms with Gasteiger partial charge in [0.05, 0.1) is 11.5 Å². The molecule has 2 rings (SSSR count). The molecule has 2 fully saturated rings. The number of sulfone groups is 1. The summed E-state index contributed by atoms with van der Waals surface area (Å²) in [6, 6.07) is 0.792. The van der Waals surface area contributed by atoms with Crippen LogP contribution < -0.4 is 5.32 Å². The molecule has 2 aliphatic rings. The first-order valence-electron chi connectivity index (χ1n) is 7.14. The molecule has 5 heteroatoms. The quantitative estimate of drug-likeness (QED) is 0.830. The van der Waals surface area contributed by atoms with E-state index in [1.807, 2.05) is 0 Å². The van der Waals surface area contributed by atoms with Gasteiger partial charge in [0.15, 0.2) is 9.84 Å². The number of nitrogens with one attached hydrogen (secondary N) is 1. The number of nitrogens with zero attached hydrogens (tertiary/aromatic N) is 1. The van der Waals surface area contributed by atoms with Crippen LogP contribution in [0.1, 0.15) is 33.1 Å². The molecule has 0 aromatic rings. The fraction of sp³-hybridized carbons (Fsp3) is 1.00.